The number of esters is 1. The summed E-state index contributed by atoms with van der Waals surface area (Å²) in [6, 6.07) is 3.16. The summed E-state index contributed by atoms with van der Waals surface area (Å²) in [5, 5.41) is 0. The zero-order valence-corrected chi connectivity index (χ0v) is 11.8. The van der Waals surface area contributed by atoms with Crippen LogP contribution in [-0.2, 0) is 4.74 Å². The van der Waals surface area contributed by atoms with E-state index < -0.39 is 5.97 Å². The summed E-state index contributed by atoms with van der Waals surface area (Å²) in [4.78, 5) is 11.5. The van der Waals surface area contributed by atoms with Crippen molar-refractivity contribution in [3.8, 4) is 17.2 Å². The van der Waals surface area contributed by atoms with Crippen LogP contribution in [0.1, 0.15) is 30.1 Å². The highest BCUT2D eigenvalue weighted by atomic mass is 16.5. The second kappa shape index (κ2) is 7.51. The highest BCUT2D eigenvalue weighted by molar-refractivity contribution is 5.91. The summed E-state index contributed by atoms with van der Waals surface area (Å²) in [5.41, 5.74) is 0.360. The standard InChI is InChI=1S/C14H20O5/c1-5-6-7-19-13-11(16-2)8-10(14(15)18-4)9-12(13)17-3/h8-9H,5-7H2,1-4H3. The second-order valence-electron chi connectivity index (χ2n) is 3.90. The minimum absolute atomic E-state index is 0.360. The lowest BCUT2D eigenvalue weighted by molar-refractivity contribution is 0.0599. The molecule has 0 bridgehead atoms. The van der Waals surface area contributed by atoms with Gasteiger partial charge in [-0.2, -0.15) is 0 Å². The van der Waals surface area contributed by atoms with Crippen LogP contribution >= 0.6 is 0 Å². The molecule has 0 radical (unpaired) electrons. The molecule has 0 heterocycles. The third-order valence-corrected chi connectivity index (χ3v) is 2.63. The number of carbonyl (C=O) groups is 1. The van der Waals surface area contributed by atoms with E-state index in [1.807, 2.05) is 0 Å². The van der Waals surface area contributed by atoms with Crippen LogP contribution in [0.3, 0.4) is 0 Å². The van der Waals surface area contributed by atoms with Gasteiger partial charge in [0.05, 0.1) is 33.5 Å². The molecule has 0 aromatic heterocycles. The Kier molecular flexibility index (Phi) is 5.99. The molecule has 0 fully saturated rings. The molecule has 0 aliphatic carbocycles. The molecule has 1 aromatic rings. The van der Waals surface area contributed by atoms with Crippen molar-refractivity contribution in [2.24, 2.45) is 0 Å². The molecule has 0 aliphatic heterocycles. The average Bonchev–Trinajstić information content (AvgIpc) is 2.46. The molecule has 0 spiro atoms. The summed E-state index contributed by atoms with van der Waals surface area (Å²) in [5.74, 6) is 0.967. The Morgan fingerprint density at radius 1 is 1.11 bits per heavy atom. The van der Waals surface area contributed by atoms with Gasteiger partial charge in [0.15, 0.2) is 11.5 Å². The topological polar surface area (TPSA) is 54.0 Å². The van der Waals surface area contributed by atoms with Crippen molar-refractivity contribution in [3.05, 3.63) is 17.7 Å². The lowest BCUT2D eigenvalue weighted by atomic mass is 10.2. The van der Waals surface area contributed by atoms with E-state index in [1.165, 1.54) is 21.3 Å². The molecule has 0 aliphatic rings. The van der Waals surface area contributed by atoms with Crippen molar-refractivity contribution in [2.45, 2.75) is 19.8 Å². The Morgan fingerprint density at radius 3 is 2.11 bits per heavy atom. The van der Waals surface area contributed by atoms with Crippen LogP contribution in [-0.4, -0.2) is 33.9 Å². The molecular formula is C14H20O5. The van der Waals surface area contributed by atoms with E-state index in [2.05, 4.69) is 11.7 Å². The maximum atomic E-state index is 11.5. The highest BCUT2D eigenvalue weighted by Gasteiger charge is 2.17. The first-order chi connectivity index (χ1) is 9.17. The number of methoxy groups -OCH3 is 3. The van der Waals surface area contributed by atoms with E-state index in [1.54, 1.807) is 12.1 Å². The van der Waals surface area contributed by atoms with Crippen LogP contribution in [0.5, 0.6) is 17.2 Å². The van der Waals surface area contributed by atoms with Crippen molar-refractivity contribution in [2.75, 3.05) is 27.9 Å². The van der Waals surface area contributed by atoms with Gasteiger partial charge in [-0.25, -0.2) is 4.79 Å². The second-order valence-corrected chi connectivity index (χ2v) is 3.90. The smallest absolute Gasteiger partial charge is 0.338 e. The van der Waals surface area contributed by atoms with Gasteiger partial charge in [0, 0.05) is 0 Å². The van der Waals surface area contributed by atoms with Crippen LogP contribution in [0.25, 0.3) is 0 Å². The lowest BCUT2D eigenvalue weighted by Crippen LogP contribution is -2.05. The zero-order chi connectivity index (χ0) is 14.3. The first-order valence-corrected chi connectivity index (χ1v) is 6.15. The van der Waals surface area contributed by atoms with E-state index in [0.29, 0.717) is 29.4 Å². The van der Waals surface area contributed by atoms with Crippen molar-refractivity contribution >= 4 is 5.97 Å². The molecule has 1 rings (SSSR count). The van der Waals surface area contributed by atoms with Gasteiger partial charge >= 0.3 is 5.97 Å². The third kappa shape index (κ3) is 3.77. The molecule has 0 N–H and O–H groups in total. The van der Waals surface area contributed by atoms with Crippen molar-refractivity contribution in [1.82, 2.24) is 0 Å². The SMILES string of the molecule is CCCCOc1c(OC)cc(C(=O)OC)cc1OC. The summed E-state index contributed by atoms with van der Waals surface area (Å²) in [6.07, 6.45) is 1.97. The van der Waals surface area contributed by atoms with E-state index in [4.69, 9.17) is 14.2 Å². The number of carbonyl (C=O) groups excluding carboxylic acids is 1. The first-order valence-electron chi connectivity index (χ1n) is 6.15. The molecular weight excluding hydrogens is 248 g/mol. The maximum absolute atomic E-state index is 11.5. The van der Waals surface area contributed by atoms with Gasteiger partial charge in [0.25, 0.3) is 0 Å². The number of benzene rings is 1. The quantitative estimate of drug-likeness (QED) is 0.562. The molecule has 0 saturated carbocycles. The Bertz CT molecular complexity index is 403. The predicted molar refractivity (Wildman–Crippen MR) is 71.3 cm³/mol. The summed E-state index contributed by atoms with van der Waals surface area (Å²) >= 11 is 0. The number of unbranched alkanes of at least 4 members (excludes halogenated alkanes) is 1. The molecule has 5 nitrogen and oxygen atoms in total. The maximum Gasteiger partial charge on any atom is 0.338 e. The van der Waals surface area contributed by atoms with Crippen molar-refractivity contribution in [1.29, 1.82) is 0 Å². The monoisotopic (exact) mass is 268 g/mol. The Labute approximate surface area is 113 Å². The molecule has 106 valence electrons. The van der Waals surface area contributed by atoms with E-state index in [-0.39, 0.29) is 0 Å². The van der Waals surface area contributed by atoms with Crippen LogP contribution in [0, 0.1) is 0 Å². The van der Waals surface area contributed by atoms with Crippen molar-refractivity contribution in [3.63, 3.8) is 0 Å². The Morgan fingerprint density at radius 2 is 1.68 bits per heavy atom. The molecule has 19 heavy (non-hydrogen) atoms. The van der Waals surface area contributed by atoms with Gasteiger partial charge in [-0.15, -0.1) is 0 Å². The Hall–Kier alpha value is -1.91. The highest BCUT2D eigenvalue weighted by Crippen LogP contribution is 2.38. The van der Waals surface area contributed by atoms with E-state index in [9.17, 15) is 4.79 Å². The first kappa shape index (κ1) is 15.1. The van der Waals surface area contributed by atoms with Crippen molar-refractivity contribution < 1.29 is 23.7 Å². The van der Waals surface area contributed by atoms with E-state index in [0.717, 1.165) is 12.8 Å². The number of hydrogen-bond donors (Lipinski definition) is 0. The largest absolute Gasteiger partial charge is 0.493 e. The molecule has 0 atom stereocenters. The molecule has 0 amide bonds. The van der Waals surface area contributed by atoms with Crippen LogP contribution in [0.2, 0.25) is 0 Å². The molecule has 5 heteroatoms. The van der Waals surface area contributed by atoms with Gasteiger partial charge in [0.2, 0.25) is 5.75 Å². The normalized spacial score (nSPS) is 9.89. The van der Waals surface area contributed by atoms with Gasteiger partial charge in [-0.05, 0) is 18.6 Å². The fraction of sp³-hybridized carbons (Fsp3) is 0.500. The third-order valence-electron chi connectivity index (χ3n) is 2.63. The van der Waals surface area contributed by atoms with Gasteiger partial charge < -0.3 is 18.9 Å². The minimum Gasteiger partial charge on any atom is -0.493 e. The van der Waals surface area contributed by atoms with Crippen LogP contribution in [0.4, 0.5) is 0 Å². The molecule has 0 saturated heterocycles. The van der Waals surface area contributed by atoms with E-state index >= 15 is 0 Å². The molecule has 0 unspecified atom stereocenters. The summed E-state index contributed by atoms with van der Waals surface area (Å²) in [6.45, 7) is 2.65. The van der Waals surface area contributed by atoms with Crippen LogP contribution < -0.4 is 14.2 Å². The number of rotatable bonds is 7. The lowest BCUT2D eigenvalue weighted by Gasteiger charge is -2.15. The average molecular weight is 268 g/mol. The van der Waals surface area contributed by atoms with Gasteiger partial charge in [-0.3, -0.25) is 0 Å². The zero-order valence-electron chi connectivity index (χ0n) is 11.8. The fourth-order valence-electron chi connectivity index (χ4n) is 1.58. The van der Waals surface area contributed by atoms with Crippen LogP contribution in [0.15, 0.2) is 12.1 Å². The summed E-state index contributed by atoms with van der Waals surface area (Å²) in [7, 11) is 4.36. The Balaban J connectivity index is 3.10. The molecule has 1 aromatic carbocycles. The fourth-order valence-corrected chi connectivity index (χ4v) is 1.58. The summed E-state index contributed by atoms with van der Waals surface area (Å²) < 4.78 is 20.8. The van der Waals surface area contributed by atoms with Gasteiger partial charge in [0.1, 0.15) is 0 Å². The minimum atomic E-state index is -0.447. The van der Waals surface area contributed by atoms with Gasteiger partial charge in [-0.1, -0.05) is 13.3 Å². The number of hydrogen-bond acceptors (Lipinski definition) is 5. The number of ether oxygens (including phenoxy) is 4. The predicted octanol–water partition coefficient (Wildman–Crippen LogP) is 2.67.